The van der Waals surface area contributed by atoms with Gasteiger partial charge in [-0.15, -0.1) is 0 Å². The summed E-state index contributed by atoms with van der Waals surface area (Å²) in [5.41, 5.74) is 0. The first kappa shape index (κ1) is 8.48. The van der Waals surface area contributed by atoms with Gasteiger partial charge in [0.25, 0.3) is 0 Å². The summed E-state index contributed by atoms with van der Waals surface area (Å²) in [5, 5.41) is 3.37. The Balaban J connectivity index is 1.80. The zero-order valence-electron chi connectivity index (χ0n) is 7.59. The van der Waals surface area contributed by atoms with Crippen LogP contribution >= 0.6 is 0 Å². The van der Waals surface area contributed by atoms with E-state index in [2.05, 4.69) is 10.2 Å². The molecule has 2 fully saturated rings. The van der Waals surface area contributed by atoms with Crippen LogP contribution in [0.25, 0.3) is 0 Å². The molecule has 3 heteroatoms. The summed E-state index contributed by atoms with van der Waals surface area (Å²) in [7, 11) is 0. The van der Waals surface area contributed by atoms with Crippen LogP contribution in [0.4, 0.5) is 0 Å². The maximum Gasteiger partial charge on any atom is 0.0621 e. The fourth-order valence-electron chi connectivity index (χ4n) is 2.06. The number of hydrogen-bond acceptors (Lipinski definition) is 3. The summed E-state index contributed by atoms with van der Waals surface area (Å²) >= 11 is 0. The molecule has 0 bridgehead atoms. The highest BCUT2D eigenvalue weighted by atomic mass is 16.5. The van der Waals surface area contributed by atoms with Crippen LogP contribution < -0.4 is 5.32 Å². The number of nitrogens with zero attached hydrogens (tertiary/aromatic N) is 1. The van der Waals surface area contributed by atoms with Gasteiger partial charge in [0.05, 0.1) is 6.61 Å². The number of ether oxygens (including phenoxy) is 1. The standard InChI is InChI=1S/C9H18N2O/c1-2-9(8-12-7-1)11-5-3-10-4-6-11/h9-10H,1-8H2. The number of nitrogens with one attached hydrogen (secondary N) is 1. The van der Waals surface area contributed by atoms with E-state index in [1.165, 1.54) is 25.9 Å². The second-order valence-electron chi connectivity index (χ2n) is 3.66. The molecule has 70 valence electrons. The van der Waals surface area contributed by atoms with Crippen LogP contribution in [0.15, 0.2) is 0 Å². The van der Waals surface area contributed by atoms with E-state index in [0.29, 0.717) is 6.04 Å². The van der Waals surface area contributed by atoms with Crippen LogP contribution in [-0.2, 0) is 4.74 Å². The van der Waals surface area contributed by atoms with Gasteiger partial charge in [-0.2, -0.15) is 0 Å². The minimum absolute atomic E-state index is 0.709. The monoisotopic (exact) mass is 170 g/mol. The number of piperazine rings is 1. The molecular weight excluding hydrogens is 152 g/mol. The van der Waals surface area contributed by atoms with E-state index in [-0.39, 0.29) is 0 Å². The van der Waals surface area contributed by atoms with Crippen molar-refractivity contribution in [2.75, 3.05) is 39.4 Å². The van der Waals surface area contributed by atoms with Crippen molar-refractivity contribution in [1.29, 1.82) is 0 Å². The van der Waals surface area contributed by atoms with E-state index >= 15 is 0 Å². The highest BCUT2D eigenvalue weighted by Gasteiger charge is 2.22. The molecule has 0 amide bonds. The molecule has 2 heterocycles. The van der Waals surface area contributed by atoms with Gasteiger partial charge >= 0.3 is 0 Å². The topological polar surface area (TPSA) is 24.5 Å². The molecule has 2 aliphatic rings. The van der Waals surface area contributed by atoms with Crippen LogP contribution in [0.3, 0.4) is 0 Å². The third-order valence-electron chi connectivity index (χ3n) is 2.80. The van der Waals surface area contributed by atoms with Crippen molar-refractivity contribution >= 4 is 0 Å². The Labute approximate surface area is 74.1 Å². The fourth-order valence-corrected chi connectivity index (χ4v) is 2.06. The van der Waals surface area contributed by atoms with E-state index in [1.807, 2.05) is 0 Å². The first-order valence-electron chi connectivity index (χ1n) is 4.99. The van der Waals surface area contributed by atoms with E-state index in [0.717, 1.165) is 26.3 Å². The first-order chi connectivity index (χ1) is 5.97. The van der Waals surface area contributed by atoms with Gasteiger partial charge in [-0.05, 0) is 12.8 Å². The average molecular weight is 170 g/mol. The minimum atomic E-state index is 0.709. The molecule has 12 heavy (non-hydrogen) atoms. The number of hydrogen-bond donors (Lipinski definition) is 1. The summed E-state index contributed by atoms with van der Waals surface area (Å²) in [4.78, 5) is 2.57. The lowest BCUT2D eigenvalue weighted by atomic mass is 10.1. The molecule has 1 atom stereocenters. The van der Waals surface area contributed by atoms with Gasteiger partial charge in [-0.3, -0.25) is 4.90 Å². The molecule has 2 rings (SSSR count). The summed E-state index contributed by atoms with van der Waals surface area (Å²) in [6, 6.07) is 0.709. The van der Waals surface area contributed by atoms with Gasteiger partial charge in [-0.25, -0.2) is 0 Å². The van der Waals surface area contributed by atoms with Crippen molar-refractivity contribution in [3.8, 4) is 0 Å². The van der Waals surface area contributed by atoms with Crippen LogP contribution in [-0.4, -0.2) is 50.3 Å². The Morgan fingerprint density at radius 2 is 2.08 bits per heavy atom. The number of rotatable bonds is 1. The van der Waals surface area contributed by atoms with E-state index in [9.17, 15) is 0 Å². The van der Waals surface area contributed by atoms with Crippen molar-refractivity contribution in [1.82, 2.24) is 10.2 Å². The Morgan fingerprint density at radius 1 is 1.25 bits per heavy atom. The molecule has 0 aliphatic carbocycles. The highest BCUT2D eigenvalue weighted by molar-refractivity contribution is 4.78. The third-order valence-corrected chi connectivity index (χ3v) is 2.80. The molecule has 3 nitrogen and oxygen atoms in total. The van der Waals surface area contributed by atoms with E-state index < -0.39 is 0 Å². The van der Waals surface area contributed by atoms with Gasteiger partial charge in [0.2, 0.25) is 0 Å². The van der Waals surface area contributed by atoms with Gasteiger partial charge < -0.3 is 10.1 Å². The normalized spacial score (nSPS) is 33.5. The molecule has 0 aromatic heterocycles. The summed E-state index contributed by atoms with van der Waals surface area (Å²) in [6.45, 7) is 6.64. The second kappa shape index (κ2) is 4.21. The highest BCUT2D eigenvalue weighted by Crippen LogP contribution is 2.13. The van der Waals surface area contributed by atoms with Gasteiger partial charge in [-0.1, -0.05) is 0 Å². The zero-order valence-corrected chi connectivity index (χ0v) is 7.59. The van der Waals surface area contributed by atoms with Crippen molar-refractivity contribution in [2.24, 2.45) is 0 Å². The molecule has 2 aliphatic heterocycles. The van der Waals surface area contributed by atoms with Crippen molar-refractivity contribution in [3.63, 3.8) is 0 Å². The van der Waals surface area contributed by atoms with Crippen LogP contribution in [0.1, 0.15) is 12.8 Å². The molecule has 0 spiro atoms. The minimum Gasteiger partial charge on any atom is -0.380 e. The molecule has 1 N–H and O–H groups in total. The van der Waals surface area contributed by atoms with E-state index in [1.54, 1.807) is 0 Å². The predicted octanol–water partition coefficient (Wildman–Crippen LogP) is 0.0706. The summed E-state index contributed by atoms with van der Waals surface area (Å²) < 4.78 is 5.47. The summed E-state index contributed by atoms with van der Waals surface area (Å²) in [6.07, 6.45) is 2.58. The first-order valence-corrected chi connectivity index (χ1v) is 4.99. The van der Waals surface area contributed by atoms with Gasteiger partial charge in [0, 0.05) is 38.8 Å². The fraction of sp³-hybridized carbons (Fsp3) is 1.00. The Bertz CT molecular complexity index is 112. The lowest BCUT2D eigenvalue weighted by molar-refractivity contribution is 0.0136. The SMILES string of the molecule is C1COCC(N2CCNCC2)C1. The molecule has 0 aromatic rings. The maximum absolute atomic E-state index is 5.47. The summed E-state index contributed by atoms with van der Waals surface area (Å²) in [5.74, 6) is 0. The Hall–Kier alpha value is -0.120. The van der Waals surface area contributed by atoms with Crippen LogP contribution in [0, 0.1) is 0 Å². The molecule has 2 saturated heterocycles. The lowest BCUT2D eigenvalue weighted by Crippen LogP contribution is -2.50. The maximum atomic E-state index is 5.47. The lowest BCUT2D eigenvalue weighted by Gasteiger charge is -2.36. The van der Waals surface area contributed by atoms with Crippen LogP contribution in [0.2, 0.25) is 0 Å². The van der Waals surface area contributed by atoms with E-state index in [4.69, 9.17) is 4.74 Å². The largest absolute Gasteiger partial charge is 0.380 e. The quantitative estimate of drug-likeness (QED) is 0.603. The second-order valence-corrected chi connectivity index (χ2v) is 3.66. The van der Waals surface area contributed by atoms with Gasteiger partial charge in [0.1, 0.15) is 0 Å². The molecule has 0 aromatic carbocycles. The van der Waals surface area contributed by atoms with Crippen LogP contribution in [0.5, 0.6) is 0 Å². The Kier molecular flexibility index (Phi) is 2.98. The molecular formula is C9H18N2O. The van der Waals surface area contributed by atoms with Gasteiger partial charge in [0.15, 0.2) is 0 Å². The predicted molar refractivity (Wildman–Crippen MR) is 48.3 cm³/mol. The zero-order chi connectivity index (χ0) is 8.23. The average Bonchev–Trinajstić information content (AvgIpc) is 2.21. The molecule has 0 radical (unpaired) electrons. The van der Waals surface area contributed by atoms with Crippen molar-refractivity contribution in [3.05, 3.63) is 0 Å². The third kappa shape index (κ3) is 1.97. The molecule has 0 saturated carbocycles. The molecule has 1 unspecified atom stereocenters. The smallest absolute Gasteiger partial charge is 0.0621 e. The van der Waals surface area contributed by atoms with Crippen molar-refractivity contribution < 1.29 is 4.74 Å². The van der Waals surface area contributed by atoms with Crippen molar-refractivity contribution in [2.45, 2.75) is 18.9 Å². The Morgan fingerprint density at radius 3 is 2.75 bits per heavy atom.